The van der Waals surface area contributed by atoms with E-state index >= 15 is 0 Å². The Hall–Kier alpha value is -3.34. The summed E-state index contributed by atoms with van der Waals surface area (Å²) in [5.74, 6) is -1.38. The lowest BCUT2D eigenvalue weighted by Gasteiger charge is -2.32. The molecular weight excluding hydrogens is 384 g/mol. The third-order valence-electron chi connectivity index (χ3n) is 6.09. The molecule has 0 spiro atoms. The van der Waals surface area contributed by atoms with E-state index in [1.54, 1.807) is 12.1 Å². The smallest absolute Gasteiger partial charge is 0.343 e. The van der Waals surface area contributed by atoms with E-state index in [0.717, 1.165) is 11.6 Å². The van der Waals surface area contributed by atoms with E-state index in [1.165, 1.54) is 6.07 Å². The molecule has 30 heavy (non-hydrogen) atoms. The number of pyridine rings is 1. The SMILES string of the molecule is C=C1CC2C(CCc3ccccc3C(=O)O1)c1cc(F)cc(F)c1-c1cccc[n+]12. The van der Waals surface area contributed by atoms with Crippen molar-refractivity contribution in [2.45, 2.75) is 31.2 Å². The molecule has 0 saturated heterocycles. The van der Waals surface area contributed by atoms with Crippen LogP contribution >= 0.6 is 0 Å². The fraction of sp³-hybridized carbons (Fsp3) is 0.200. The first kappa shape index (κ1) is 18.7. The number of ether oxygens (including phenoxy) is 1. The number of hydrogen-bond donors (Lipinski definition) is 0. The molecule has 2 aliphatic heterocycles. The number of hydrogen-bond acceptors (Lipinski definition) is 2. The molecule has 3 aromatic rings. The first-order valence-corrected chi connectivity index (χ1v) is 10.0. The highest BCUT2D eigenvalue weighted by molar-refractivity contribution is 5.91. The normalized spacial score (nSPS) is 20.3. The van der Waals surface area contributed by atoms with Crippen molar-refractivity contribution in [3.8, 4) is 11.3 Å². The van der Waals surface area contributed by atoms with Crippen molar-refractivity contribution < 1.29 is 22.9 Å². The van der Waals surface area contributed by atoms with Crippen LogP contribution in [-0.2, 0) is 11.2 Å². The largest absolute Gasteiger partial charge is 0.428 e. The summed E-state index contributed by atoms with van der Waals surface area (Å²) in [6, 6.07) is 15.1. The van der Waals surface area contributed by atoms with Crippen LogP contribution in [0.15, 0.2) is 73.1 Å². The molecule has 0 amide bonds. The van der Waals surface area contributed by atoms with E-state index in [2.05, 4.69) is 6.58 Å². The van der Waals surface area contributed by atoms with Crippen molar-refractivity contribution in [1.29, 1.82) is 0 Å². The van der Waals surface area contributed by atoms with E-state index in [0.29, 0.717) is 47.4 Å². The van der Waals surface area contributed by atoms with Gasteiger partial charge in [-0.25, -0.2) is 13.6 Å². The van der Waals surface area contributed by atoms with Crippen LogP contribution < -0.4 is 4.57 Å². The van der Waals surface area contributed by atoms with Crippen LogP contribution in [0.5, 0.6) is 0 Å². The Kier molecular flexibility index (Phi) is 4.46. The molecule has 0 aliphatic carbocycles. The number of halogens is 2. The molecule has 1 aromatic heterocycles. The van der Waals surface area contributed by atoms with Crippen molar-refractivity contribution >= 4 is 5.97 Å². The molecule has 0 bridgehead atoms. The van der Waals surface area contributed by atoms with Crippen LogP contribution in [0.2, 0.25) is 0 Å². The first-order chi connectivity index (χ1) is 14.5. The zero-order chi connectivity index (χ0) is 20.8. The Bertz CT molecular complexity index is 1190. The summed E-state index contributed by atoms with van der Waals surface area (Å²) >= 11 is 0. The maximum atomic E-state index is 14.9. The van der Waals surface area contributed by atoms with Gasteiger partial charge >= 0.3 is 5.97 Å². The second kappa shape index (κ2) is 7.17. The number of carbonyl (C=O) groups is 1. The van der Waals surface area contributed by atoms with E-state index < -0.39 is 17.6 Å². The van der Waals surface area contributed by atoms with Gasteiger partial charge in [-0.1, -0.05) is 24.8 Å². The lowest BCUT2D eigenvalue weighted by molar-refractivity contribution is -0.718. The van der Waals surface area contributed by atoms with Gasteiger partial charge in [-0.3, -0.25) is 0 Å². The molecule has 2 aromatic carbocycles. The molecule has 2 unspecified atom stereocenters. The van der Waals surface area contributed by atoms with Crippen LogP contribution in [0.1, 0.15) is 46.3 Å². The minimum Gasteiger partial charge on any atom is -0.428 e. The number of carbonyl (C=O) groups excluding carboxylic acids is 1. The second-order valence-corrected chi connectivity index (χ2v) is 7.85. The predicted octanol–water partition coefficient (Wildman–Crippen LogP) is 5.26. The summed E-state index contributed by atoms with van der Waals surface area (Å²) in [6.45, 7) is 3.96. The minimum atomic E-state index is -0.586. The monoisotopic (exact) mass is 404 g/mol. The van der Waals surface area contributed by atoms with E-state index in [9.17, 15) is 13.6 Å². The summed E-state index contributed by atoms with van der Waals surface area (Å²) in [4.78, 5) is 12.6. The van der Waals surface area contributed by atoms with Gasteiger partial charge < -0.3 is 4.74 Å². The summed E-state index contributed by atoms with van der Waals surface area (Å²) in [5.41, 5.74) is 3.14. The average molecular weight is 404 g/mol. The number of benzene rings is 2. The average Bonchev–Trinajstić information content (AvgIpc) is 2.72. The van der Waals surface area contributed by atoms with Gasteiger partial charge in [0.2, 0.25) is 5.69 Å². The zero-order valence-corrected chi connectivity index (χ0v) is 16.3. The molecule has 3 nitrogen and oxygen atoms in total. The maximum absolute atomic E-state index is 14.9. The summed E-state index contributed by atoms with van der Waals surface area (Å²) < 4.78 is 36.7. The van der Waals surface area contributed by atoms with Gasteiger partial charge in [-0.05, 0) is 42.2 Å². The number of fused-ring (bicyclic) bond motifs is 7. The van der Waals surface area contributed by atoms with E-state index in [1.807, 2.05) is 41.1 Å². The highest BCUT2D eigenvalue weighted by Gasteiger charge is 2.42. The molecule has 2 aliphatic rings. The van der Waals surface area contributed by atoms with Crippen molar-refractivity contribution in [1.82, 2.24) is 0 Å². The van der Waals surface area contributed by atoms with Crippen molar-refractivity contribution in [2.75, 3.05) is 0 Å². The molecule has 0 N–H and O–H groups in total. The highest BCUT2D eigenvalue weighted by Crippen LogP contribution is 2.44. The Morgan fingerprint density at radius 2 is 1.87 bits per heavy atom. The van der Waals surface area contributed by atoms with Gasteiger partial charge in [0.05, 0.1) is 17.5 Å². The second-order valence-electron chi connectivity index (χ2n) is 7.85. The third kappa shape index (κ3) is 3.02. The maximum Gasteiger partial charge on any atom is 0.343 e. The number of allylic oxidation sites excluding steroid dienone is 1. The third-order valence-corrected chi connectivity index (χ3v) is 6.09. The number of aryl methyl sites for hydroxylation is 1. The molecule has 3 heterocycles. The number of esters is 1. The van der Waals surface area contributed by atoms with E-state index in [4.69, 9.17) is 4.74 Å². The van der Waals surface area contributed by atoms with Crippen molar-refractivity contribution in [3.63, 3.8) is 0 Å². The zero-order valence-electron chi connectivity index (χ0n) is 16.3. The van der Waals surface area contributed by atoms with Crippen LogP contribution in [0.4, 0.5) is 8.78 Å². The standard InChI is InChI=1S/C25H20F2NO2/c1-15-12-23-19(10-9-16-6-2-3-7-18(16)25(29)30-15)20-13-17(26)14-21(27)24(20)22-8-4-5-11-28(22)23/h2-8,11,13-14,19,23H,1,9-10,12H2/q+1. The van der Waals surface area contributed by atoms with Crippen molar-refractivity contribution in [2.24, 2.45) is 0 Å². The number of rotatable bonds is 0. The molecule has 5 heteroatoms. The van der Waals surface area contributed by atoms with Crippen LogP contribution in [0.25, 0.3) is 11.3 Å². The number of nitrogens with zero attached hydrogens (tertiary/aromatic N) is 1. The lowest BCUT2D eigenvalue weighted by atomic mass is 9.77. The molecule has 2 atom stereocenters. The van der Waals surface area contributed by atoms with E-state index in [-0.39, 0.29) is 12.0 Å². The first-order valence-electron chi connectivity index (χ1n) is 10.0. The Balaban J connectivity index is 1.70. The van der Waals surface area contributed by atoms with Gasteiger partial charge in [-0.15, -0.1) is 0 Å². The Morgan fingerprint density at radius 1 is 1.07 bits per heavy atom. The molecule has 5 rings (SSSR count). The van der Waals surface area contributed by atoms with Crippen molar-refractivity contribution in [3.05, 3.63) is 101 Å². The lowest BCUT2D eigenvalue weighted by Crippen LogP contribution is -2.48. The fourth-order valence-electron chi connectivity index (χ4n) is 4.81. The molecule has 0 fully saturated rings. The predicted molar refractivity (Wildman–Crippen MR) is 108 cm³/mol. The highest BCUT2D eigenvalue weighted by atomic mass is 19.1. The molecule has 0 radical (unpaired) electrons. The van der Waals surface area contributed by atoms with Gasteiger partial charge in [0.15, 0.2) is 12.2 Å². The van der Waals surface area contributed by atoms with Crippen LogP contribution in [0, 0.1) is 11.6 Å². The minimum absolute atomic E-state index is 0.160. The van der Waals surface area contributed by atoms with Gasteiger partial charge in [0.25, 0.3) is 0 Å². The number of aromatic nitrogens is 1. The quantitative estimate of drug-likeness (QED) is 0.378. The number of cyclic esters (lactones) is 1. The Morgan fingerprint density at radius 3 is 2.73 bits per heavy atom. The molecule has 150 valence electrons. The molecule has 0 saturated carbocycles. The summed E-state index contributed by atoms with van der Waals surface area (Å²) in [5, 5.41) is 0. The Labute approximate surface area is 173 Å². The van der Waals surface area contributed by atoms with Crippen LogP contribution in [-0.4, -0.2) is 5.97 Å². The van der Waals surface area contributed by atoms with Gasteiger partial charge in [0, 0.05) is 24.1 Å². The summed E-state index contributed by atoms with van der Waals surface area (Å²) in [6.07, 6.45) is 3.50. The molecular formula is C25H20F2NO2+. The van der Waals surface area contributed by atoms with Gasteiger partial charge in [-0.2, -0.15) is 4.57 Å². The summed E-state index contributed by atoms with van der Waals surface area (Å²) in [7, 11) is 0. The topological polar surface area (TPSA) is 30.2 Å². The van der Waals surface area contributed by atoms with Gasteiger partial charge in [0.1, 0.15) is 17.4 Å². The fourth-order valence-corrected chi connectivity index (χ4v) is 4.81. The van der Waals surface area contributed by atoms with Crippen LogP contribution in [0.3, 0.4) is 0 Å².